The van der Waals surface area contributed by atoms with Crippen LogP contribution in [0.3, 0.4) is 0 Å². The molecule has 3 heterocycles. The van der Waals surface area contributed by atoms with E-state index in [0.29, 0.717) is 24.7 Å². The summed E-state index contributed by atoms with van der Waals surface area (Å²) in [5.41, 5.74) is 2.29. The Hall–Kier alpha value is -1.89. The van der Waals surface area contributed by atoms with Crippen LogP contribution in [0.15, 0.2) is 22.6 Å². The summed E-state index contributed by atoms with van der Waals surface area (Å²) in [5.74, 6) is 0.715. The van der Waals surface area contributed by atoms with Gasteiger partial charge in [0.15, 0.2) is 11.5 Å². The number of urea groups is 1. The molecule has 0 radical (unpaired) electrons. The number of fused-ring (bicyclic) bond motifs is 3. The summed E-state index contributed by atoms with van der Waals surface area (Å²) in [5, 5.41) is 3.36. The van der Waals surface area contributed by atoms with Crippen LogP contribution in [-0.4, -0.2) is 43.7 Å². The summed E-state index contributed by atoms with van der Waals surface area (Å²) in [6.45, 7) is 7.69. The first-order chi connectivity index (χ1) is 12.8. The standard InChI is InChI=1S/C20H27N3O3S/c1-20(2,3)11-18-22-16-10-13(4-7-17(16)26-18)21-19(24)23-9-8-14-5-6-15(12-23)27(14)25/h4,7,10,14-15H,5-6,8-9,11-12H2,1-3H3,(H,21,24). The van der Waals surface area contributed by atoms with E-state index >= 15 is 0 Å². The Morgan fingerprint density at radius 2 is 2.07 bits per heavy atom. The summed E-state index contributed by atoms with van der Waals surface area (Å²) in [6.07, 6.45) is 3.58. The van der Waals surface area contributed by atoms with Crippen LogP contribution in [0.1, 0.15) is 45.9 Å². The van der Waals surface area contributed by atoms with Crippen molar-refractivity contribution in [3.05, 3.63) is 24.1 Å². The molecule has 146 valence electrons. The number of amides is 2. The minimum atomic E-state index is -0.788. The van der Waals surface area contributed by atoms with Gasteiger partial charge in [-0.25, -0.2) is 9.78 Å². The van der Waals surface area contributed by atoms with Gasteiger partial charge in [0, 0.05) is 41.2 Å². The maximum atomic E-state index is 12.7. The summed E-state index contributed by atoms with van der Waals surface area (Å²) >= 11 is 0. The Kier molecular flexibility index (Phi) is 4.74. The fourth-order valence-corrected chi connectivity index (χ4v) is 5.85. The summed E-state index contributed by atoms with van der Waals surface area (Å²) in [6, 6.07) is 5.42. The second-order valence-electron chi connectivity index (χ2n) is 8.84. The second-order valence-corrected chi connectivity index (χ2v) is 10.8. The Bertz CT molecular complexity index is 886. The molecule has 7 heteroatoms. The molecule has 1 N–H and O–H groups in total. The van der Waals surface area contributed by atoms with Crippen LogP contribution in [0.2, 0.25) is 0 Å². The van der Waals surface area contributed by atoms with Gasteiger partial charge in [-0.15, -0.1) is 0 Å². The Labute approximate surface area is 162 Å². The molecule has 0 saturated carbocycles. The van der Waals surface area contributed by atoms with Crippen molar-refractivity contribution in [1.82, 2.24) is 9.88 Å². The molecule has 2 bridgehead atoms. The van der Waals surface area contributed by atoms with Crippen molar-refractivity contribution in [1.29, 1.82) is 0 Å². The second kappa shape index (κ2) is 6.93. The molecular formula is C20H27N3O3S. The summed E-state index contributed by atoms with van der Waals surface area (Å²) < 4.78 is 18.1. The van der Waals surface area contributed by atoms with E-state index in [1.54, 1.807) is 4.90 Å². The van der Waals surface area contributed by atoms with E-state index in [2.05, 4.69) is 31.1 Å². The predicted octanol–water partition coefficient (Wildman–Crippen LogP) is 3.93. The van der Waals surface area contributed by atoms with Crippen molar-refractivity contribution in [2.45, 2.75) is 57.0 Å². The van der Waals surface area contributed by atoms with Gasteiger partial charge in [0.1, 0.15) is 5.52 Å². The maximum absolute atomic E-state index is 12.7. The predicted molar refractivity (Wildman–Crippen MR) is 107 cm³/mol. The number of nitrogens with one attached hydrogen (secondary N) is 1. The van der Waals surface area contributed by atoms with Gasteiger partial charge in [-0.3, -0.25) is 4.21 Å². The lowest BCUT2D eigenvalue weighted by Gasteiger charge is -2.24. The number of likely N-dealkylation sites (tertiary alicyclic amines) is 1. The minimum absolute atomic E-state index is 0.101. The van der Waals surface area contributed by atoms with Crippen LogP contribution in [-0.2, 0) is 17.2 Å². The summed E-state index contributed by atoms with van der Waals surface area (Å²) in [4.78, 5) is 19.1. The highest BCUT2D eigenvalue weighted by molar-refractivity contribution is 7.86. The van der Waals surface area contributed by atoms with Crippen molar-refractivity contribution >= 4 is 33.6 Å². The third kappa shape index (κ3) is 4.03. The van der Waals surface area contributed by atoms with Gasteiger partial charge >= 0.3 is 6.03 Å². The molecule has 0 spiro atoms. The molecule has 2 fully saturated rings. The first-order valence-corrected chi connectivity index (χ1v) is 10.9. The normalized spacial score (nSPS) is 25.6. The molecule has 0 aliphatic carbocycles. The van der Waals surface area contributed by atoms with E-state index in [-0.39, 0.29) is 21.9 Å². The van der Waals surface area contributed by atoms with Crippen molar-refractivity contribution in [3.8, 4) is 0 Å². The fourth-order valence-electron chi connectivity index (χ4n) is 3.91. The number of rotatable bonds is 2. The van der Waals surface area contributed by atoms with Crippen molar-refractivity contribution in [2.75, 3.05) is 18.4 Å². The Balaban J connectivity index is 1.46. The van der Waals surface area contributed by atoms with Crippen LogP contribution < -0.4 is 5.32 Å². The zero-order chi connectivity index (χ0) is 19.2. The van der Waals surface area contributed by atoms with Gasteiger partial charge in [0.25, 0.3) is 0 Å². The van der Waals surface area contributed by atoms with Gasteiger partial charge < -0.3 is 14.6 Å². The third-order valence-corrected chi connectivity index (χ3v) is 7.43. The molecule has 2 aromatic rings. The van der Waals surface area contributed by atoms with E-state index in [0.717, 1.165) is 36.8 Å². The van der Waals surface area contributed by atoms with Crippen molar-refractivity contribution < 1.29 is 13.4 Å². The SMILES string of the molecule is CC(C)(C)Cc1nc2cc(NC(=O)N3CCC4CCC(C3)S4=O)ccc2o1. The van der Waals surface area contributed by atoms with Gasteiger partial charge in [-0.1, -0.05) is 20.8 Å². The third-order valence-electron chi connectivity index (χ3n) is 5.26. The zero-order valence-corrected chi connectivity index (χ0v) is 17.0. The van der Waals surface area contributed by atoms with E-state index in [9.17, 15) is 9.00 Å². The van der Waals surface area contributed by atoms with Gasteiger partial charge in [-0.05, 0) is 42.9 Å². The molecule has 2 saturated heterocycles. The summed E-state index contributed by atoms with van der Waals surface area (Å²) in [7, 11) is -0.788. The highest BCUT2D eigenvalue weighted by Crippen LogP contribution is 2.30. The minimum Gasteiger partial charge on any atom is -0.441 e. The number of nitrogens with zero attached hydrogens (tertiary/aromatic N) is 2. The molecule has 1 aromatic carbocycles. The monoisotopic (exact) mass is 389 g/mol. The van der Waals surface area contributed by atoms with Crippen molar-refractivity contribution in [2.24, 2.45) is 5.41 Å². The Morgan fingerprint density at radius 1 is 1.30 bits per heavy atom. The number of carbonyl (C=O) groups excluding carboxylic acids is 1. The molecule has 3 atom stereocenters. The molecule has 6 nitrogen and oxygen atoms in total. The largest absolute Gasteiger partial charge is 0.441 e. The zero-order valence-electron chi connectivity index (χ0n) is 16.2. The number of oxazole rings is 1. The van der Waals surface area contributed by atoms with Crippen LogP contribution in [0, 0.1) is 5.41 Å². The molecule has 27 heavy (non-hydrogen) atoms. The van der Waals surface area contributed by atoms with E-state index in [1.165, 1.54) is 0 Å². The van der Waals surface area contributed by atoms with Crippen LogP contribution in [0.5, 0.6) is 0 Å². The maximum Gasteiger partial charge on any atom is 0.321 e. The number of hydrogen-bond acceptors (Lipinski definition) is 4. The molecule has 1 aromatic heterocycles. The lowest BCUT2D eigenvalue weighted by molar-refractivity contribution is 0.209. The molecule has 4 rings (SSSR count). The number of anilines is 1. The molecule has 2 amide bonds. The van der Waals surface area contributed by atoms with Gasteiger partial charge in [0.2, 0.25) is 0 Å². The quantitative estimate of drug-likeness (QED) is 0.844. The van der Waals surface area contributed by atoms with E-state index in [1.807, 2.05) is 18.2 Å². The number of hydrogen-bond donors (Lipinski definition) is 1. The van der Waals surface area contributed by atoms with Crippen LogP contribution in [0.4, 0.5) is 10.5 Å². The highest BCUT2D eigenvalue weighted by Gasteiger charge is 2.38. The number of carbonyl (C=O) groups is 1. The molecule has 2 aliphatic heterocycles. The first-order valence-electron chi connectivity index (χ1n) is 9.63. The van der Waals surface area contributed by atoms with Gasteiger partial charge in [0.05, 0.1) is 5.25 Å². The molecular weight excluding hydrogens is 362 g/mol. The highest BCUT2D eigenvalue weighted by atomic mass is 32.2. The van der Waals surface area contributed by atoms with Crippen molar-refractivity contribution in [3.63, 3.8) is 0 Å². The average Bonchev–Trinajstić information content (AvgIpc) is 3.04. The number of aromatic nitrogens is 1. The van der Waals surface area contributed by atoms with Crippen LogP contribution >= 0.6 is 0 Å². The fraction of sp³-hybridized carbons (Fsp3) is 0.600. The van der Waals surface area contributed by atoms with E-state index in [4.69, 9.17) is 4.42 Å². The average molecular weight is 390 g/mol. The topological polar surface area (TPSA) is 75.4 Å². The van der Waals surface area contributed by atoms with Crippen LogP contribution in [0.25, 0.3) is 11.1 Å². The lowest BCUT2D eigenvalue weighted by Crippen LogP contribution is -2.40. The van der Waals surface area contributed by atoms with E-state index < -0.39 is 10.8 Å². The first kappa shape index (κ1) is 18.5. The lowest BCUT2D eigenvalue weighted by atomic mass is 9.92. The molecule has 3 unspecified atom stereocenters. The Morgan fingerprint density at radius 3 is 2.85 bits per heavy atom. The number of benzene rings is 1. The smallest absolute Gasteiger partial charge is 0.321 e. The molecule has 2 aliphatic rings. The van der Waals surface area contributed by atoms with Gasteiger partial charge in [-0.2, -0.15) is 0 Å².